The molecule has 35 heavy (non-hydrogen) atoms. The lowest BCUT2D eigenvalue weighted by molar-refractivity contribution is -0.121. The SMILES string of the molecule is O=C(Cc1ccccc1)NC1CCN(c2ccccc2C(=O)NC2CCCc3ccccc32)CC1. The van der Waals surface area contributed by atoms with Crippen molar-refractivity contribution in [2.75, 3.05) is 18.0 Å². The van der Waals surface area contributed by atoms with Crippen LogP contribution in [0.2, 0.25) is 0 Å². The number of anilines is 1. The van der Waals surface area contributed by atoms with E-state index in [2.05, 4.69) is 39.8 Å². The van der Waals surface area contributed by atoms with Crippen molar-refractivity contribution in [1.29, 1.82) is 0 Å². The Kier molecular flexibility index (Phi) is 7.12. The van der Waals surface area contributed by atoms with Crippen LogP contribution in [0.3, 0.4) is 0 Å². The maximum Gasteiger partial charge on any atom is 0.253 e. The Bertz CT molecular complexity index is 1170. The monoisotopic (exact) mass is 467 g/mol. The van der Waals surface area contributed by atoms with Crippen molar-refractivity contribution in [3.63, 3.8) is 0 Å². The van der Waals surface area contributed by atoms with Gasteiger partial charge in [-0.15, -0.1) is 0 Å². The first-order chi connectivity index (χ1) is 17.2. The Balaban J connectivity index is 1.20. The number of carbonyl (C=O) groups excluding carboxylic acids is 2. The average molecular weight is 468 g/mol. The summed E-state index contributed by atoms with van der Waals surface area (Å²) in [4.78, 5) is 28.1. The highest BCUT2D eigenvalue weighted by Gasteiger charge is 2.26. The number of carbonyl (C=O) groups is 2. The molecule has 5 nitrogen and oxygen atoms in total. The van der Waals surface area contributed by atoms with Gasteiger partial charge in [0.2, 0.25) is 5.91 Å². The Morgan fingerprint density at radius 1 is 0.800 bits per heavy atom. The molecule has 3 aromatic carbocycles. The largest absolute Gasteiger partial charge is 0.371 e. The number of hydrogen-bond acceptors (Lipinski definition) is 3. The summed E-state index contributed by atoms with van der Waals surface area (Å²) in [5, 5.41) is 6.50. The van der Waals surface area contributed by atoms with Gasteiger partial charge in [-0.2, -0.15) is 0 Å². The Labute approximate surface area is 207 Å². The van der Waals surface area contributed by atoms with Gasteiger partial charge in [-0.3, -0.25) is 9.59 Å². The molecule has 1 unspecified atom stereocenters. The molecule has 0 radical (unpaired) electrons. The highest BCUT2D eigenvalue weighted by atomic mass is 16.2. The molecule has 180 valence electrons. The molecule has 1 saturated heterocycles. The summed E-state index contributed by atoms with van der Waals surface area (Å²) in [6.45, 7) is 1.62. The van der Waals surface area contributed by atoms with Gasteiger partial charge in [-0.05, 0) is 60.9 Å². The van der Waals surface area contributed by atoms with Crippen LogP contribution in [0.5, 0.6) is 0 Å². The van der Waals surface area contributed by atoms with E-state index in [4.69, 9.17) is 0 Å². The van der Waals surface area contributed by atoms with Gasteiger partial charge in [0.25, 0.3) is 5.91 Å². The van der Waals surface area contributed by atoms with E-state index >= 15 is 0 Å². The molecule has 2 amide bonds. The van der Waals surface area contributed by atoms with Crippen LogP contribution in [-0.4, -0.2) is 30.9 Å². The van der Waals surface area contributed by atoms with E-state index in [0.717, 1.165) is 62.0 Å². The lowest BCUT2D eigenvalue weighted by Gasteiger charge is -2.35. The third kappa shape index (κ3) is 5.56. The Hall–Kier alpha value is -3.60. The van der Waals surface area contributed by atoms with Crippen molar-refractivity contribution >= 4 is 17.5 Å². The van der Waals surface area contributed by atoms with Crippen molar-refractivity contribution in [3.8, 4) is 0 Å². The maximum atomic E-state index is 13.4. The van der Waals surface area contributed by atoms with Crippen molar-refractivity contribution in [1.82, 2.24) is 10.6 Å². The number of benzene rings is 3. The zero-order valence-corrected chi connectivity index (χ0v) is 20.1. The van der Waals surface area contributed by atoms with Gasteiger partial charge >= 0.3 is 0 Å². The summed E-state index contributed by atoms with van der Waals surface area (Å²) in [6.07, 6.45) is 5.29. The predicted octanol–water partition coefficient (Wildman–Crippen LogP) is 4.82. The van der Waals surface area contributed by atoms with Gasteiger partial charge in [0.1, 0.15) is 0 Å². The second-order valence-electron chi connectivity index (χ2n) is 9.63. The number of rotatable bonds is 6. The van der Waals surface area contributed by atoms with E-state index in [1.807, 2.05) is 54.6 Å². The fraction of sp³-hybridized carbons (Fsp3) is 0.333. The minimum absolute atomic E-state index is 0.0133. The molecule has 3 aromatic rings. The summed E-state index contributed by atoms with van der Waals surface area (Å²) in [7, 11) is 0. The van der Waals surface area contributed by atoms with Crippen molar-refractivity contribution in [2.24, 2.45) is 0 Å². The molecule has 0 spiro atoms. The van der Waals surface area contributed by atoms with Gasteiger partial charge in [0, 0.05) is 24.8 Å². The number of nitrogens with one attached hydrogen (secondary N) is 2. The fourth-order valence-electron chi connectivity index (χ4n) is 5.41. The van der Waals surface area contributed by atoms with Gasteiger partial charge < -0.3 is 15.5 Å². The van der Waals surface area contributed by atoms with Crippen LogP contribution < -0.4 is 15.5 Å². The topological polar surface area (TPSA) is 61.4 Å². The third-order valence-electron chi connectivity index (χ3n) is 7.23. The molecule has 2 aliphatic rings. The van der Waals surface area contributed by atoms with E-state index in [-0.39, 0.29) is 23.9 Å². The molecule has 1 atom stereocenters. The minimum atomic E-state index is -0.0133. The predicted molar refractivity (Wildman–Crippen MR) is 140 cm³/mol. The summed E-state index contributed by atoms with van der Waals surface area (Å²) in [5.74, 6) is 0.0581. The van der Waals surface area contributed by atoms with Crippen LogP contribution in [0, 0.1) is 0 Å². The van der Waals surface area contributed by atoms with E-state index < -0.39 is 0 Å². The molecule has 1 heterocycles. The quantitative estimate of drug-likeness (QED) is 0.546. The van der Waals surface area contributed by atoms with Gasteiger partial charge in [-0.1, -0.05) is 66.7 Å². The smallest absolute Gasteiger partial charge is 0.253 e. The molecule has 1 fully saturated rings. The lowest BCUT2D eigenvalue weighted by Crippen LogP contribution is -2.45. The molecule has 0 saturated carbocycles. The molecule has 1 aliphatic carbocycles. The fourth-order valence-corrected chi connectivity index (χ4v) is 5.41. The maximum absolute atomic E-state index is 13.4. The average Bonchev–Trinajstić information content (AvgIpc) is 2.90. The highest BCUT2D eigenvalue weighted by Crippen LogP contribution is 2.31. The second kappa shape index (κ2) is 10.8. The summed E-state index contributed by atoms with van der Waals surface area (Å²) >= 11 is 0. The standard InChI is InChI=1S/C30H33N3O2/c34-29(21-22-9-2-1-3-10-22)31-24-17-19-33(20-18-24)28-16-7-6-14-26(28)30(35)32-27-15-8-12-23-11-4-5-13-25(23)27/h1-7,9-11,13-14,16,24,27H,8,12,15,17-21H2,(H,31,34)(H,32,35). The van der Waals surface area contributed by atoms with Crippen molar-refractivity contribution in [2.45, 2.75) is 50.6 Å². The molecule has 5 rings (SSSR count). The summed E-state index contributed by atoms with van der Waals surface area (Å²) in [6, 6.07) is 26.4. The number of nitrogens with zero attached hydrogens (tertiary/aromatic N) is 1. The first-order valence-electron chi connectivity index (χ1n) is 12.7. The van der Waals surface area contributed by atoms with Gasteiger partial charge in [-0.25, -0.2) is 0 Å². The van der Waals surface area contributed by atoms with Crippen LogP contribution in [-0.2, 0) is 17.6 Å². The van der Waals surface area contributed by atoms with E-state index in [1.54, 1.807) is 0 Å². The zero-order valence-electron chi connectivity index (χ0n) is 20.1. The lowest BCUT2D eigenvalue weighted by atomic mass is 9.87. The Morgan fingerprint density at radius 2 is 1.51 bits per heavy atom. The molecule has 2 N–H and O–H groups in total. The van der Waals surface area contributed by atoms with E-state index in [9.17, 15) is 9.59 Å². The normalized spacial score (nSPS) is 17.9. The molecule has 5 heteroatoms. The highest BCUT2D eigenvalue weighted by molar-refractivity contribution is 6.00. The molecule has 0 bridgehead atoms. The van der Waals surface area contributed by atoms with Crippen LogP contribution in [0.15, 0.2) is 78.9 Å². The molecular weight excluding hydrogens is 434 g/mol. The van der Waals surface area contributed by atoms with Crippen molar-refractivity contribution in [3.05, 3.63) is 101 Å². The number of aryl methyl sites for hydroxylation is 1. The zero-order chi connectivity index (χ0) is 24.0. The number of fused-ring (bicyclic) bond motifs is 1. The van der Waals surface area contributed by atoms with E-state index in [1.165, 1.54) is 11.1 Å². The van der Waals surface area contributed by atoms with Crippen LogP contribution in [0.25, 0.3) is 0 Å². The van der Waals surface area contributed by atoms with Crippen LogP contribution in [0.4, 0.5) is 5.69 Å². The van der Waals surface area contributed by atoms with Gasteiger partial charge in [0.15, 0.2) is 0 Å². The van der Waals surface area contributed by atoms with Crippen LogP contribution in [0.1, 0.15) is 58.8 Å². The molecule has 0 aromatic heterocycles. The molecular formula is C30H33N3O2. The number of para-hydroxylation sites is 1. The molecule has 1 aliphatic heterocycles. The second-order valence-corrected chi connectivity index (χ2v) is 9.63. The van der Waals surface area contributed by atoms with Crippen molar-refractivity contribution < 1.29 is 9.59 Å². The number of hydrogen-bond donors (Lipinski definition) is 2. The number of piperidine rings is 1. The van der Waals surface area contributed by atoms with Gasteiger partial charge in [0.05, 0.1) is 18.0 Å². The van der Waals surface area contributed by atoms with Crippen LogP contribution >= 0.6 is 0 Å². The first kappa shape index (κ1) is 23.2. The minimum Gasteiger partial charge on any atom is -0.371 e. The first-order valence-corrected chi connectivity index (χ1v) is 12.7. The summed E-state index contributed by atoms with van der Waals surface area (Å²) in [5.41, 5.74) is 5.32. The summed E-state index contributed by atoms with van der Waals surface area (Å²) < 4.78 is 0. The Morgan fingerprint density at radius 3 is 2.34 bits per heavy atom. The third-order valence-corrected chi connectivity index (χ3v) is 7.23. The van der Waals surface area contributed by atoms with E-state index in [0.29, 0.717) is 6.42 Å². The number of amides is 2.